The van der Waals surface area contributed by atoms with Gasteiger partial charge in [0, 0.05) is 0 Å². The first-order valence-electron chi connectivity index (χ1n) is 7.73. The first-order chi connectivity index (χ1) is 11.5. The van der Waals surface area contributed by atoms with Crippen LogP contribution >= 0.6 is 0 Å². The largest absolute Gasteiger partial charge is 0.489 e. The number of hydrogen-bond acceptors (Lipinski definition) is 6. The maximum atomic E-state index is 5.78. The summed E-state index contributed by atoms with van der Waals surface area (Å²) in [5, 5.41) is 7.84. The van der Waals surface area contributed by atoms with Crippen LogP contribution in [0.1, 0.15) is 34.0 Å². The van der Waals surface area contributed by atoms with Crippen molar-refractivity contribution in [3.05, 3.63) is 58.3 Å². The standard InChI is InChI=1S/C18H20N2O4/c1-11-17(13(3)23-19-11)9-21-15-5-7-16(8-6-15)22-10-18-12(2)20-24-14(18)4/h5-8H,9-10H2,1-4H3. The van der Waals surface area contributed by atoms with Crippen LogP contribution in [0.15, 0.2) is 33.3 Å². The molecule has 0 aliphatic heterocycles. The van der Waals surface area contributed by atoms with E-state index in [0.29, 0.717) is 13.2 Å². The lowest BCUT2D eigenvalue weighted by atomic mass is 10.2. The van der Waals surface area contributed by atoms with Crippen molar-refractivity contribution in [1.29, 1.82) is 0 Å². The van der Waals surface area contributed by atoms with Gasteiger partial charge < -0.3 is 18.5 Å². The Bertz CT molecular complexity index is 710. The molecule has 0 bridgehead atoms. The molecular formula is C18H20N2O4. The van der Waals surface area contributed by atoms with Gasteiger partial charge in [-0.2, -0.15) is 0 Å². The van der Waals surface area contributed by atoms with Gasteiger partial charge in [-0.05, 0) is 52.0 Å². The molecular weight excluding hydrogens is 308 g/mol. The Labute approximate surface area is 140 Å². The number of benzene rings is 1. The summed E-state index contributed by atoms with van der Waals surface area (Å²) in [4.78, 5) is 0. The lowest BCUT2D eigenvalue weighted by Crippen LogP contribution is -1.99. The molecule has 0 aliphatic carbocycles. The summed E-state index contributed by atoms with van der Waals surface area (Å²) in [6.45, 7) is 8.43. The van der Waals surface area contributed by atoms with Gasteiger partial charge in [0.1, 0.15) is 36.2 Å². The van der Waals surface area contributed by atoms with Crippen molar-refractivity contribution >= 4 is 0 Å². The molecule has 6 heteroatoms. The summed E-state index contributed by atoms with van der Waals surface area (Å²) in [5.74, 6) is 3.10. The zero-order chi connectivity index (χ0) is 17.1. The van der Waals surface area contributed by atoms with E-state index in [4.69, 9.17) is 18.5 Å². The van der Waals surface area contributed by atoms with Gasteiger partial charge in [0.05, 0.1) is 22.5 Å². The highest BCUT2D eigenvalue weighted by molar-refractivity contribution is 5.32. The highest BCUT2D eigenvalue weighted by atomic mass is 16.5. The molecule has 0 spiro atoms. The van der Waals surface area contributed by atoms with Gasteiger partial charge in [-0.1, -0.05) is 10.3 Å². The third-order valence-electron chi connectivity index (χ3n) is 3.95. The minimum Gasteiger partial charge on any atom is -0.489 e. The van der Waals surface area contributed by atoms with Crippen molar-refractivity contribution in [3.8, 4) is 11.5 Å². The van der Waals surface area contributed by atoms with E-state index in [1.54, 1.807) is 0 Å². The smallest absolute Gasteiger partial charge is 0.140 e. The molecule has 126 valence electrons. The van der Waals surface area contributed by atoms with Crippen LogP contribution in [-0.2, 0) is 13.2 Å². The van der Waals surface area contributed by atoms with Crippen molar-refractivity contribution in [2.75, 3.05) is 0 Å². The second-order valence-corrected chi connectivity index (χ2v) is 5.65. The predicted octanol–water partition coefficient (Wildman–Crippen LogP) is 4.05. The number of aromatic nitrogens is 2. The van der Waals surface area contributed by atoms with Crippen molar-refractivity contribution in [2.45, 2.75) is 40.9 Å². The molecule has 0 amide bonds. The first kappa shape index (κ1) is 16.1. The molecule has 0 N–H and O–H groups in total. The minimum atomic E-state index is 0.431. The molecule has 1 aromatic carbocycles. The topological polar surface area (TPSA) is 70.5 Å². The Morgan fingerprint density at radius 2 is 1.08 bits per heavy atom. The molecule has 2 heterocycles. The van der Waals surface area contributed by atoms with E-state index < -0.39 is 0 Å². The summed E-state index contributed by atoms with van der Waals surface area (Å²) in [6, 6.07) is 7.50. The summed E-state index contributed by atoms with van der Waals surface area (Å²) in [6.07, 6.45) is 0. The summed E-state index contributed by atoms with van der Waals surface area (Å²) < 4.78 is 21.8. The van der Waals surface area contributed by atoms with E-state index in [9.17, 15) is 0 Å². The highest BCUT2D eigenvalue weighted by Gasteiger charge is 2.11. The van der Waals surface area contributed by atoms with E-state index >= 15 is 0 Å². The maximum Gasteiger partial charge on any atom is 0.140 e. The zero-order valence-electron chi connectivity index (χ0n) is 14.3. The molecule has 0 unspecified atom stereocenters. The van der Waals surface area contributed by atoms with E-state index in [2.05, 4.69) is 10.3 Å². The lowest BCUT2D eigenvalue weighted by molar-refractivity contribution is 0.293. The SMILES string of the molecule is Cc1noc(C)c1COc1ccc(OCc2c(C)noc2C)cc1. The Hall–Kier alpha value is -2.76. The van der Waals surface area contributed by atoms with E-state index in [1.807, 2.05) is 52.0 Å². The van der Waals surface area contributed by atoms with Crippen LogP contribution in [0, 0.1) is 27.7 Å². The van der Waals surface area contributed by atoms with Crippen LogP contribution < -0.4 is 9.47 Å². The van der Waals surface area contributed by atoms with Gasteiger partial charge >= 0.3 is 0 Å². The summed E-state index contributed by atoms with van der Waals surface area (Å²) in [7, 11) is 0. The normalized spacial score (nSPS) is 10.8. The van der Waals surface area contributed by atoms with Gasteiger partial charge in [0.25, 0.3) is 0 Å². The van der Waals surface area contributed by atoms with Gasteiger partial charge in [0.2, 0.25) is 0 Å². The Kier molecular flexibility index (Phi) is 4.55. The molecule has 3 aromatic rings. The molecule has 0 radical (unpaired) electrons. The molecule has 24 heavy (non-hydrogen) atoms. The highest BCUT2D eigenvalue weighted by Crippen LogP contribution is 2.22. The second kappa shape index (κ2) is 6.78. The molecule has 0 aliphatic rings. The Morgan fingerprint density at radius 1 is 0.708 bits per heavy atom. The number of nitrogens with zero attached hydrogens (tertiary/aromatic N) is 2. The van der Waals surface area contributed by atoms with Gasteiger partial charge in [-0.25, -0.2) is 0 Å². The average Bonchev–Trinajstić information content (AvgIpc) is 3.07. The van der Waals surface area contributed by atoms with Crippen LogP contribution in [-0.4, -0.2) is 10.3 Å². The van der Waals surface area contributed by atoms with E-state index in [-0.39, 0.29) is 0 Å². The van der Waals surface area contributed by atoms with Crippen LogP contribution in [0.4, 0.5) is 0 Å². The molecule has 0 fully saturated rings. The quantitative estimate of drug-likeness (QED) is 0.680. The minimum absolute atomic E-state index is 0.431. The molecule has 6 nitrogen and oxygen atoms in total. The van der Waals surface area contributed by atoms with Gasteiger partial charge in [-0.15, -0.1) is 0 Å². The third-order valence-corrected chi connectivity index (χ3v) is 3.95. The van der Waals surface area contributed by atoms with E-state index in [1.165, 1.54) is 0 Å². The van der Waals surface area contributed by atoms with Crippen molar-refractivity contribution in [3.63, 3.8) is 0 Å². The molecule has 3 rings (SSSR count). The number of rotatable bonds is 6. The number of hydrogen-bond donors (Lipinski definition) is 0. The van der Waals surface area contributed by atoms with Gasteiger partial charge in [0.15, 0.2) is 0 Å². The second-order valence-electron chi connectivity index (χ2n) is 5.65. The van der Waals surface area contributed by atoms with Crippen molar-refractivity contribution in [2.24, 2.45) is 0 Å². The van der Waals surface area contributed by atoms with Gasteiger partial charge in [-0.3, -0.25) is 0 Å². The van der Waals surface area contributed by atoms with Crippen LogP contribution in [0.2, 0.25) is 0 Å². The predicted molar refractivity (Wildman–Crippen MR) is 87.1 cm³/mol. The summed E-state index contributed by atoms with van der Waals surface area (Å²) >= 11 is 0. The number of ether oxygens (including phenoxy) is 2. The molecule has 2 aromatic heterocycles. The average molecular weight is 328 g/mol. The lowest BCUT2D eigenvalue weighted by Gasteiger charge is -2.08. The maximum absolute atomic E-state index is 5.78. The zero-order valence-corrected chi connectivity index (χ0v) is 14.3. The molecule has 0 atom stereocenters. The van der Waals surface area contributed by atoms with Crippen LogP contribution in [0.25, 0.3) is 0 Å². The fraction of sp³-hybridized carbons (Fsp3) is 0.333. The monoisotopic (exact) mass is 328 g/mol. The fourth-order valence-corrected chi connectivity index (χ4v) is 2.36. The third kappa shape index (κ3) is 3.42. The van der Waals surface area contributed by atoms with Crippen LogP contribution in [0.3, 0.4) is 0 Å². The molecule has 0 saturated heterocycles. The summed E-state index contributed by atoms with van der Waals surface area (Å²) in [5.41, 5.74) is 3.67. The van der Waals surface area contributed by atoms with Crippen LogP contribution in [0.5, 0.6) is 11.5 Å². The van der Waals surface area contributed by atoms with E-state index in [0.717, 1.165) is 45.5 Å². The molecule has 0 saturated carbocycles. The Morgan fingerprint density at radius 3 is 1.38 bits per heavy atom. The Balaban J connectivity index is 1.57. The first-order valence-corrected chi connectivity index (χ1v) is 7.73. The van der Waals surface area contributed by atoms with Crippen molar-refractivity contribution in [1.82, 2.24) is 10.3 Å². The van der Waals surface area contributed by atoms with Crippen molar-refractivity contribution < 1.29 is 18.5 Å². The fourth-order valence-electron chi connectivity index (χ4n) is 2.36. The number of aryl methyl sites for hydroxylation is 4.